The fraction of sp³-hybridized carbons (Fsp3) is 0.800. The lowest BCUT2D eigenvalue weighted by molar-refractivity contribution is -0.179. The van der Waals surface area contributed by atoms with Crippen molar-refractivity contribution in [3.05, 3.63) is 0 Å². The second-order valence-electron chi connectivity index (χ2n) is 4.58. The number of carbonyl (C=O) groups excluding carboxylic acids is 1. The number of β-amino-alcohol motifs (C(OH)–C–C–N with tert-alkyl or cyclic N) is 1. The number of alkyl halides is 4. The Kier molecular flexibility index (Phi) is 4.92. The van der Waals surface area contributed by atoms with E-state index in [1.807, 2.05) is 0 Å². The van der Waals surface area contributed by atoms with Crippen molar-refractivity contribution in [2.45, 2.75) is 24.5 Å². The van der Waals surface area contributed by atoms with Gasteiger partial charge in [-0.25, -0.2) is 8.78 Å². The molecule has 1 fully saturated rings. The normalized spacial score (nSPS) is 23.7. The van der Waals surface area contributed by atoms with E-state index in [0.717, 1.165) is 4.90 Å². The van der Waals surface area contributed by atoms with Crippen LogP contribution in [0.4, 0.5) is 17.6 Å². The number of likely N-dealkylation sites (tertiary alicyclic amines) is 1. The molecule has 0 saturated carbocycles. The average molecular weight is 302 g/mol. The highest BCUT2D eigenvalue weighted by molar-refractivity contribution is 5.84. The molecule has 2 atom stereocenters. The molecule has 1 saturated heterocycles. The maximum Gasteiger partial charge on any atom is 0.383 e. The maximum absolute atomic E-state index is 12.9. The van der Waals surface area contributed by atoms with Crippen LogP contribution in [0.25, 0.3) is 0 Å². The van der Waals surface area contributed by atoms with E-state index in [1.165, 1.54) is 7.05 Å². The van der Waals surface area contributed by atoms with Gasteiger partial charge in [0.15, 0.2) is 0 Å². The van der Waals surface area contributed by atoms with Crippen LogP contribution in [0, 0.1) is 0 Å². The number of carboxylic acids is 1. The van der Waals surface area contributed by atoms with Crippen molar-refractivity contribution in [1.82, 2.24) is 9.80 Å². The Morgan fingerprint density at radius 2 is 1.95 bits per heavy atom. The molecule has 0 spiro atoms. The zero-order chi connectivity index (χ0) is 15.7. The molecule has 0 radical (unpaired) electrons. The van der Waals surface area contributed by atoms with Crippen LogP contribution >= 0.6 is 0 Å². The van der Waals surface area contributed by atoms with E-state index in [9.17, 15) is 32.3 Å². The number of hydrogen-bond acceptors (Lipinski definition) is 4. The van der Waals surface area contributed by atoms with Crippen molar-refractivity contribution in [1.29, 1.82) is 0 Å². The predicted molar refractivity (Wildman–Crippen MR) is 57.6 cm³/mol. The van der Waals surface area contributed by atoms with Gasteiger partial charge in [0.2, 0.25) is 0 Å². The molecule has 6 nitrogen and oxygen atoms in total. The van der Waals surface area contributed by atoms with E-state index >= 15 is 0 Å². The van der Waals surface area contributed by atoms with Gasteiger partial charge in [0.1, 0.15) is 0 Å². The van der Waals surface area contributed by atoms with Gasteiger partial charge < -0.3 is 15.1 Å². The Hall–Kier alpha value is -1.42. The third kappa shape index (κ3) is 3.37. The largest absolute Gasteiger partial charge is 0.480 e. The van der Waals surface area contributed by atoms with Gasteiger partial charge in [-0.15, -0.1) is 0 Å². The summed E-state index contributed by atoms with van der Waals surface area (Å²) in [5.74, 6) is -8.10. The number of carbonyl (C=O) groups is 2. The number of halogens is 4. The summed E-state index contributed by atoms with van der Waals surface area (Å²) in [4.78, 5) is 23.4. The highest BCUT2D eigenvalue weighted by Gasteiger charge is 2.53. The van der Waals surface area contributed by atoms with Crippen molar-refractivity contribution < 1.29 is 37.4 Å². The average Bonchev–Trinajstić information content (AvgIpc) is 2.69. The first-order valence-electron chi connectivity index (χ1n) is 5.62. The Balaban J connectivity index is 2.74. The molecule has 0 aromatic carbocycles. The number of hydrogen-bond donors (Lipinski definition) is 2. The molecule has 10 heteroatoms. The number of rotatable bonds is 5. The molecule has 0 unspecified atom stereocenters. The first kappa shape index (κ1) is 16.6. The zero-order valence-electron chi connectivity index (χ0n) is 10.5. The summed E-state index contributed by atoms with van der Waals surface area (Å²) < 4.78 is 50.0. The summed E-state index contributed by atoms with van der Waals surface area (Å²) in [5.41, 5.74) is 0. The van der Waals surface area contributed by atoms with Crippen LogP contribution in [0.3, 0.4) is 0 Å². The first-order chi connectivity index (χ1) is 9.07. The third-order valence-electron chi connectivity index (χ3n) is 3.06. The lowest BCUT2D eigenvalue weighted by Gasteiger charge is -2.25. The summed E-state index contributed by atoms with van der Waals surface area (Å²) in [6.45, 7) is -1.46. The molecule has 20 heavy (non-hydrogen) atoms. The standard InChI is InChI=1S/C10H14F4N2O4/c1-15(4-7(18)19)5-2-16(3-6(5)17)9(20)10(13,14)8(11)12/h5-6,8,17H,2-4H2,1H3,(H,18,19)/t5-,6-/m1/s1. The van der Waals surface area contributed by atoms with Crippen molar-refractivity contribution in [3.8, 4) is 0 Å². The number of amides is 1. The molecule has 0 bridgehead atoms. The molecule has 0 aliphatic carbocycles. The Morgan fingerprint density at radius 1 is 1.40 bits per heavy atom. The van der Waals surface area contributed by atoms with Gasteiger partial charge in [-0.1, -0.05) is 0 Å². The second-order valence-corrected chi connectivity index (χ2v) is 4.58. The van der Waals surface area contributed by atoms with Gasteiger partial charge in [-0.3, -0.25) is 14.5 Å². The molecule has 1 heterocycles. The van der Waals surface area contributed by atoms with Gasteiger partial charge in [0.25, 0.3) is 5.91 Å². The van der Waals surface area contributed by atoms with Crippen LogP contribution < -0.4 is 0 Å². The van der Waals surface area contributed by atoms with Crippen molar-refractivity contribution in [2.75, 3.05) is 26.7 Å². The van der Waals surface area contributed by atoms with Gasteiger partial charge in [-0.2, -0.15) is 8.78 Å². The van der Waals surface area contributed by atoms with Crippen molar-refractivity contribution in [2.24, 2.45) is 0 Å². The number of carboxylic acid groups (broad SMARTS) is 1. The molecule has 0 aromatic heterocycles. The molecule has 116 valence electrons. The number of aliphatic hydroxyl groups is 1. The molecule has 1 aliphatic heterocycles. The van der Waals surface area contributed by atoms with Crippen LogP contribution in [0.5, 0.6) is 0 Å². The van der Waals surface area contributed by atoms with E-state index in [2.05, 4.69) is 0 Å². The lowest BCUT2D eigenvalue weighted by atomic mass is 10.2. The van der Waals surface area contributed by atoms with E-state index in [1.54, 1.807) is 0 Å². The molecule has 0 aromatic rings. The monoisotopic (exact) mass is 302 g/mol. The molecule has 2 N–H and O–H groups in total. The van der Waals surface area contributed by atoms with E-state index in [0.29, 0.717) is 4.90 Å². The topological polar surface area (TPSA) is 81.1 Å². The van der Waals surface area contributed by atoms with Crippen LogP contribution in [-0.2, 0) is 9.59 Å². The molecular formula is C10H14F4N2O4. The first-order valence-corrected chi connectivity index (χ1v) is 5.62. The van der Waals surface area contributed by atoms with Gasteiger partial charge >= 0.3 is 18.3 Å². The Bertz CT molecular complexity index is 393. The summed E-state index contributed by atoms with van der Waals surface area (Å²) in [7, 11) is 1.32. The molecule has 1 amide bonds. The SMILES string of the molecule is CN(CC(=O)O)[C@@H]1CN(C(=O)C(F)(F)C(F)F)C[C@H]1O. The van der Waals surface area contributed by atoms with E-state index in [-0.39, 0.29) is 0 Å². The number of aliphatic hydroxyl groups excluding tert-OH is 1. The van der Waals surface area contributed by atoms with Gasteiger partial charge in [0, 0.05) is 13.1 Å². The fourth-order valence-electron chi connectivity index (χ4n) is 2.00. The molecule has 1 rings (SSSR count). The Labute approximate surface area is 111 Å². The summed E-state index contributed by atoms with van der Waals surface area (Å²) in [6, 6.07) is -0.900. The van der Waals surface area contributed by atoms with Gasteiger partial charge in [-0.05, 0) is 7.05 Å². The van der Waals surface area contributed by atoms with Crippen molar-refractivity contribution >= 4 is 11.9 Å². The van der Waals surface area contributed by atoms with Crippen LogP contribution in [-0.4, -0.2) is 83.1 Å². The maximum atomic E-state index is 12.9. The van der Waals surface area contributed by atoms with Crippen LogP contribution in [0.15, 0.2) is 0 Å². The minimum absolute atomic E-state index is 0.417. The fourth-order valence-corrected chi connectivity index (χ4v) is 2.00. The van der Waals surface area contributed by atoms with E-state index < -0.39 is 56.0 Å². The van der Waals surface area contributed by atoms with Crippen LogP contribution in [0.2, 0.25) is 0 Å². The highest BCUT2D eigenvalue weighted by Crippen LogP contribution is 2.28. The summed E-state index contributed by atoms with van der Waals surface area (Å²) >= 11 is 0. The molecular weight excluding hydrogens is 288 g/mol. The van der Waals surface area contributed by atoms with Crippen LogP contribution in [0.1, 0.15) is 0 Å². The second kappa shape index (κ2) is 5.92. The quantitative estimate of drug-likeness (QED) is 0.668. The zero-order valence-corrected chi connectivity index (χ0v) is 10.5. The summed E-state index contributed by atoms with van der Waals surface area (Å²) in [5, 5.41) is 18.2. The summed E-state index contributed by atoms with van der Waals surface area (Å²) in [6.07, 6.45) is -5.42. The van der Waals surface area contributed by atoms with E-state index in [4.69, 9.17) is 5.11 Å². The molecule has 1 aliphatic rings. The smallest absolute Gasteiger partial charge is 0.383 e. The highest BCUT2D eigenvalue weighted by atomic mass is 19.3. The predicted octanol–water partition coefficient (Wildman–Crippen LogP) is -0.525. The van der Waals surface area contributed by atoms with Gasteiger partial charge in [0.05, 0.1) is 18.7 Å². The number of likely N-dealkylation sites (N-methyl/N-ethyl adjacent to an activating group) is 1. The lowest BCUT2D eigenvalue weighted by Crippen LogP contribution is -2.48. The van der Waals surface area contributed by atoms with Crippen molar-refractivity contribution in [3.63, 3.8) is 0 Å². The minimum atomic E-state index is -4.82. The third-order valence-corrected chi connectivity index (χ3v) is 3.06. The Morgan fingerprint density at radius 3 is 2.40 bits per heavy atom. The number of aliphatic carboxylic acids is 1. The minimum Gasteiger partial charge on any atom is -0.480 e. The number of nitrogens with zero attached hydrogens (tertiary/aromatic N) is 2.